The van der Waals surface area contributed by atoms with E-state index in [4.69, 9.17) is 0 Å². The predicted octanol–water partition coefficient (Wildman–Crippen LogP) is 2.71. The highest BCUT2D eigenvalue weighted by atomic mass is 32.1. The van der Waals surface area contributed by atoms with Crippen LogP contribution in [0.2, 0.25) is 0 Å². The molecule has 1 aromatic carbocycles. The number of hydrogen-bond acceptors (Lipinski definition) is 3. The summed E-state index contributed by atoms with van der Waals surface area (Å²) in [5.41, 5.74) is 2.28. The van der Waals surface area contributed by atoms with Crippen LogP contribution >= 0.6 is 12.6 Å². The van der Waals surface area contributed by atoms with E-state index in [9.17, 15) is 4.79 Å². The molecule has 3 rings (SSSR count). The maximum Gasteiger partial charge on any atom is 0.228 e. The first-order chi connectivity index (χ1) is 9.24. The van der Waals surface area contributed by atoms with Crippen LogP contribution in [0.5, 0.6) is 0 Å². The Morgan fingerprint density at radius 3 is 2.21 bits per heavy atom. The Hall–Kier alpha value is -1.16. The molecule has 0 N–H and O–H groups in total. The van der Waals surface area contributed by atoms with Crippen molar-refractivity contribution in [3.05, 3.63) is 24.3 Å². The van der Waals surface area contributed by atoms with E-state index in [1.807, 2.05) is 4.90 Å². The molecule has 2 saturated heterocycles. The number of carbonyl (C=O) groups is 1. The zero-order valence-corrected chi connectivity index (χ0v) is 12.0. The summed E-state index contributed by atoms with van der Waals surface area (Å²) >= 11 is 4.39. The van der Waals surface area contributed by atoms with Gasteiger partial charge in [0.1, 0.15) is 0 Å². The fourth-order valence-corrected chi connectivity index (χ4v) is 3.25. The SMILES string of the molecule is O=C1CC(S)CN1c1ccc(N2CCCCC2)cc1. The standard InChI is InChI=1S/C15H20N2OS/c18-15-10-14(19)11-17(15)13-6-4-12(5-7-13)16-8-2-1-3-9-16/h4-7,14,19H,1-3,8-11H2. The van der Waals surface area contributed by atoms with Crippen molar-refractivity contribution in [3.63, 3.8) is 0 Å². The molecule has 1 aromatic rings. The Bertz CT molecular complexity index is 454. The molecule has 0 aromatic heterocycles. The third-order valence-electron chi connectivity index (χ3n) is 3.99. The van der Waals surface area contributed by atoms with Gasteiger partial charge in [-0.05, 0) is 43.5 Å². The average Bonchev–Trinajstić information content (AvgIpc) is 2.79. The first-order valence-corrected chi connectivity index (χ1v) is 7.59. The monoisotopic (exact) mass is 276 g/mol. The molecule has 2 fully saturated rings. The summed E-state index contributed by atoms with van der Waals surface area (Å²) in [6.45, 7) is 3.03. The molecule has 0 bridgehead atoms. The first-order valence-electron chi connectivity index (χ1n) is 7.07. The number of amides is 1. The molecule has 4 heteroatoms. The lowest BCUT2D eigenvalue weighted by Crippen LogP contribution is -2.29. The molecular formula is C15H20N2OS. The minimum Gasteiger partial charge on any atom is -0.372 e. The topological polar surface area (TPSA) is 23.6 Å². The predicted molar refractivity (Wildman–Crippen MR) is 82.3 cm³/mol. The molecular weight excluding hydrogens is 256 g/mol. The minimum atomic E-state index is 0.175. The Morgan fingerprint density at radius 2 is 1.63 bits per heavy atom. The Morgan fingerprint density at radius 1 is 1.00 bits per heavy atom. The largest absolute Gasteiger partial charge is 0.372 e. The Balaban J connectivity index is 1.73. The second-order valence-corrected chi connectivity index (χ2v) is 6.16. The average molecular weight is 276 g/mol. The van der Waals surface area contributed by atoms with Gasteiger partial charge in [-0.25, -0.2) is 0 Å². The van der Waals surface area contributed by atoms with Crippen molar-refractivity contribution in [2.24, 2.45) is 0 Å². The smallest absolute Gasteiger partial charge is 0.228 e. The minimum absolute atomic E-state index is 0.175. The van der Waals surface area contributed by atoms with Gasteiger partial charge < -0.3 is 9.80 Å². The van der Waals surface area contributed by atoms with Gasteiger partial charge in [-0.3, -0.25) is 4.79 Å². The number of anilines is 2. The maximum absolute atomic E-state index is 11.8. The summed E-state index contributed by atoms with van der Waals surface area (Å²) in [6, 6.07) is 8.40. The van der Waals surface area contributed by atoms with E-state index >= 15 is 0 Å². The molecule has 2 aliphatic rings. The number of benzene rings is 1. The molecule has 2 heterocycles. The van der Waals surface area contributed by atoms with Gasteiger partial charge in [0.15, 0.2) is 0 Å². The second kappa shape index (κ2) is 5.45. The van der Waals surface area contributed by atoms with Gasteiger partial charge in [-0.15, -0.1) is 0 Å². The lowest BCUT2D eigenvalue weighted by molar-refractivity contribution is -0.117. The molecule has 3 nitrogen and oxygen atoms in total. The number of carbonyl (C=O) groups excluding carboxylic acids is 1. The highest BCUT2D eigenvalue weighted by Gasteiger charge is 2.28. The summed E-state index contributed by atoms with van der Waals surface area (Å²) in [5, 5.41) is 0.175. The summed E-state index contributed by atoms with van der Waals surface area (Å²) in [6.07, 6.45) is 4.47. The van der Waals surface area contributed by atoms with Crippen molar-refractivity contribution in [1.82, 2.24) is 0 Å². The van der Waals surface area contributed by atoms with E-state index in [0.29, 0.717) is 6.42 Å². The van der Waals surface area contributed by atoms with Crippen LogP contribution in [-0.4, -0.2) is 30.8 Å². The highest BCUT2D eigenvalue weighted by Crippen LogP contribution is 2.27. The van der Waals surface area contributed by atoms with Crippen LogP contribution < -0.4 is 9.80 Å². The van der Waals surface area contributed by atoms with Crippen LogP contribution in [0.1, 0.15) is 25.7 Å². The lowest BCUT2D eigenvalue weighted by Gasteiger charge is -2.29. The van der Waals surface area contributed by atoms with Crippen molar-refractivity contribution in [1.29, 1.82) is 0 Å². The van der Waals surface area contributed by atoms with Crippen LogP contribution in [-0.2, 0) is 4.79 Å². The highest BCUT2D eigenvalue weighted by molar-refractivity contribution is 7.81. The number of rotatable bonds is 2. The third-order valence-corrected chi connectivity index (χ3v) is 4.33. The van der Waals surface area contributed by atoms with E-state index in [1.165, 1.54) is 24.9 Å². The summed E-state index contributed by atoms with van der Waals surface area (Å²) in [4.78, 5) is 16.1. The number of piperidine rings is 1. The lowest BCUT2D eigenvalue weighted by atomic mass is 10.1. The van der Waals surface area contributed by atoms with Crippen LogP contribution in [0.25, 0.3) is 0 Å². The second-order valence-electron chi connectivity index (χ2n) is 5.43. The molecule has 0 aliphatic carbocycles. The fourth-order valence-electron chi connectivity index (χ4n) is 2.93. The van der Waals surface area contributed by atoms with Gasteiger partial charge in [-0.1, -0.05) is 0 Å². The van der Waals surface area contributed by atoms with Gasteiger partial charge in [0.05, 0.1) is 0 Å². The van der Waals surface area contributed by atoms with Crippen LogP contribution in [0.15, 0.2) is 24.3 Å². The molecule has 19 heavy (non-hydrogen) atoms. The number of nitrogens with zero attached hydrogens (tertiary/aromatic N) is 2. The normalized spacial score (nSPS) is 24.1. The summed E-state index contributed by atoms with van der Waals surface area (Å²) < 4.78 is 0. The molecule has 2 aliphatic heterocycles. The molecule has 0 saturated carbocycles. The molecule has 1 amide bonds. The summed E-state index contributed by atoms with van der Waals surface area (Å²) in [7, 11) is 0. The van der Waals surface area contributed by atoms with Gasteiger partial charge >= 0.3 is 0 Å². The van der Waals surface area contributed by atoms with E-state index < -0.39 is 0 Å². The van der Waals surface area contributed by atoms with Crippen molar-refractivity contribution in [2.45, 2.75) is 30.9 Å². The first kappa shape index (κ1) is 12.9. The van der Waals surface area contributed by atoms with Crippen molar-refractivity contribution in [3.8, 4) is 0 Å². The molecule has 1 atom stereocenters. The molecule has 0 radical (unpaired) electrons. The van der Waals surface area contributed by atoms with Crippen molar-refractivity contribution >= 4 is 29.9 Å². The number of hydrogen-bond donors (Lipinski definition) is 1. The van der Waals surface area contributed by atoms with Crippen LogP contribution in [0, 0.1) is 0 Å². The van der Waals surface area contributed by atoms with Gasteiger partial charge in [0.25, 0.3) is 0 Å². The molecule has 0 spiro atoms. The molecule has 102 valence electrons. The third kappa shape index (κ3) is 2.73. The van der Waals surface area contributed by atoms with E-state index in [2.05, 4.69) is 41.8 Å². The zero-order chi connectivity index (χ0) is 13.2. The van der Waals surface area contributed by atoms with Gasteiger partial charge in [0, 0.05) is 42.7 Å². The fraction of sp³-hybridized carbons (Fsp3) is 0.533. The van der Waals surface area contributed by atoms with E-state index in [-0.39, 0.29) is 11.2 Å². The van der Waals surface area contributed by atoms with E-state index in [0.717, 1.165) is 25.3 Å². The van der Waals surface area contributed by atoms with Crippen LogP contribution in [0.4, 0.5) is 11.4 Å². The quantitative estimate of drug-likeness (QED) is 0.840. The zero-order valence-electron chi connectivity index (χ0n) is 11.1. The maximum atomic E-state index is 11.8. The number of thiol groups is 1. The summed E-state index contributed by atoms with van der Waals surface area (Å²) in [5.74, 6) is 0.186. The Labute approximate surface area is 120 Å². The van der Waals surface area contributed by atoms with Gasteiger partial charge in [-0.2, -0.15) is 12.6 Å². The Kier molecular flexibility index (Phi) is 3.69. The van der Waals surface area contributed by atoms with Crippen LogP contribution in [0.3, 0.4) is 0 Å². The van der Waals surface area contributed by atoms with Crippen molar-refractivity contribution < 1.29 is 4.79 Å². The van der Waals surface area contributed by atoms with Crippen molar-refractivity contribution in [2.75, 3.05) is 29.4 Å². The molecule has 1 unspecified atom stereocenters. The van der Waals surface area contributed by atoms with Gasteiger partial charge in [0.2, 0.25) is 5.91 Å². The van der Waals surface area contributed by atoms with E-state index in [1.54, 1.807) is 0 Å².